The molecule has 6 nitrogen and oxygen atoms in total. The maximum atomic E-state index is 13.1. The van der Waals surface area contributed by atoms with Crippen LogP contribution in [0.1, 0.15) is 26.2 Å². The smallest absolute Gasteiger partial charge is 0.221 e. The zero-order valence-electron chi connectivity index (χ0n) is 17.9. The van der Waals surface area contributed by atoms with Gasteiger partial charge in [-0.05, 0) is 66.9 Å². The summed E-state index contributed by atoms with van der Waals surface area (Å²) in [5, 5.41) is 4.05. The average Bonchev–Trinajstić information content (AvgIpc) is 2.79. The van der Waals surface area contributed by atoms with Crippen molar-refractivity contribution in [3.63, 3.8) is 0 Å². The normalized spacial score (nSPS) is 16.1. The van der Waals surface area contributed by atoms with Crippen LogP contribution in [0.3, 0.4) is 0 Å². The summed E-state index contributed by atoms with van der Waals surface area (Å²) >= 11 is 3.43. The lowest BCUT2D eigenvalue weighted by Gasteiger charge is -2.34. The van der Waals surface area contributed by atoms with Crippen molar-refractivity contribution in [3.05, 3.63) is 65.4 Å². The number of carbonyl (C=O) groups is 1. The maximum Gasteiger partial charge on any atom is 0.221 e. The van der Waals surface area contributed by atoms with E-state index in [9.17, 15) is 13.2 Å². The molecular weight excluding hydrogens is 490 g/mol. The highest BCUT2D eigenvalue weighted by Gasteiger charge is 2.28. The highest BCUT2D eigenvalue weighted by molar-refractivity contribution is 9.10. The summed E-state index contributed by atoms with van der Waals surface area (Å²) in [4.78, 5) is 19.2. The van der Waals surface area contributed by atoms with Crippen molar-refractivity contribution < 1.29 is 13.2 Å². The fourth-order valence-corrected chi connectivity index (χ4v) is 5.86. The van der Waals surface area contributed by atoms with Gasteiger partial charge in [0.1, 0.15) is 0 Å². The van der Waals surface area contributed by atoms with Crippen LogP contribution in [-0.4, -0.2) is 43.7 Å². The first-order chi connectivity index (χ1) is 15.3. The number of benzene rings is 2. The molecule has 0 aliphatic carbocycles. The van der Waals surface area contributed by atoms with Crippen LogP contribution in [0.2, 0.25) is 0 Å². The molecule has 1 aliphatic heterocycles. The summed E-state index contributed by atoms with van der Waals surface area (Å²) in [5.41, 5.74) is 1.13. The van der Waals surface area contributed by atoms with Gasteiger partial charge >= 0.3 is 0 Å². The van der Waals surface area contributed by atoms with Crippen molar-refractivity contribution in [1.29, 1.82) is 0 Å². The minimum Gasteiger partial charge on any atom is -0.371 e. The maximum absolute atomic E-state index is 13.1. The molecule has 8 heteroatoms. The Morgan fingerprint density at radius 3 is 2.47 bits per heavy atom. The molecule has 2 aromatic carbocycles. The number of halogens is 1. The second-order valence-corrected chi connectivity index (χ2v) is 11.5. The largest absolute Gasteiger partial charge is 0.371 e. The van der Waals surface area contributed by atoms with Gasteiger partial charge in [-0.15, -0.1) is 0 Å². The number of nitrogens with one attached hydrogen (secondary N) is 1. The molecule has 2 heterocycles. The lowest BCUT2D eigenvalue weighted by Crippen LogP contribution is -2.45. The van der Waals surface area contributed by atoms with E-state index in [-0.39, 0.29) is 23.3 Å². The molecule has 1 saturated heterocycles. The van der Waals surface area contributed by atoms with Crippen molar-refractivity contribution in [3.8, 4) is 0 Å². The summed E-state index contributed by atoms with van der Waals surface area (Å²) < 4.78 is 27.1. The first-order valence-electron chi connectivity index (χ1n) is 10.7. The van der Waals surface area contributed by atoms with Crippen LogP contribution in [0.25, 0.3) is 10.8 Å². The van der Waals surface area contributed by atoms with Gasteiger partial charge in [-0.25, -0.2) is 8.42 Å². The number of pyridine rings is 1. The van der Waals surface area contributed by atoms with Crippen LogP contribution < -0.4 is 10.2 Å². The van der Waals surface area contributed by atoms with Crippen molar-refractivity contribution in [2.75, 3.05) is 18.0 Å². The molecule has 1 N–H and O–H groups in total. The molecule has 0 bridgehead atoms. The number of amides is 1. The van der Waals surface area contributed by atoms with Gasteiger partial charge in [0.05, 0.1) is 10.1 Å². The highest BCUT2D eigenvalue weighted by atomic mass is 79.9. The molecule has 3 aromatic rings. The zero-order chi connectivity index (χ0) is 22.7. The Morgan fingerprint density at radius 2 is 1.75 bits per heavy atom. The molecule has 1 amide bonds. The summed E-state index contributed by atoms with van der Waals surface area (Å²) in [5.74, 6) is -0.215. The molecule has 0 spiro atoms. The number of rotatable bonds is 6. The Morgan fingerprint density at radius 1 is 1.09 bits per heavy atom. The average molecular weight is 516 g/mol. The van der Waals surface area contributed by atoms with E-state index in [1.165, 1.54) is 0 Å². The van der Waals surface area contributed by atoms with Crippen LogP contribution in [0.15, 0.2) is 70.3 Å². The summed E-state index contributed by atoms with van der Waals surface area (Å²) in [6, 6.07) is 14.8. The number of fused-ring (bicyclic) bond motifs is 1. The zero-order valence-corrected chi connectivity index (χ0v) is 20.3. The van der Waals surface area contributed by atoms with E-state index in [4.69, 9.17) is 0 Å². The van der Waals surface area contributed by atoms with Crippen LogP contribution in [0.4, 0.5) is 5.69 Å². The van der Waals surface area contributed by atoms with Gasteiger partial charge in [-0.3, -0.25) is 9.78 Å². The molecular formula is C24H26BrN3O3S. The van der Waals surface area contributed by atoms with Gasteiger partial charge < -0.3 is 10.2 Å². The molecule has 1 unspecified atom stereocenters. The Labute approximate surface area is 197 Å². The predicted octanol–water partition coefficient (Wildman–Crippen LogP) is 4.33. The van der Waals surface area contributed by atoms with Crippen LogP contribution >= 0.6 is 15.9 Å². The van der Waals surface area contributed by atoms with Gasteiger partial charge in [-0.1, -0.05) is 28.1 Å². The Balaban J connectivity index is 1.34. The molecule has 0 saturated carbocycles. The summed E-state index contributed by atoms with van der Waals surface area (Å²) in [6.07, 6.45) is 5.16. The fourth-order valence-electron chi connectivity index (χ4n) is 4.10. The number of nitrogens with zero attached hydrogens (tertiary/aromatic N) is 2. The number of piperidine rings is 1. The second-order valence-electron chi connectivity index (χ2n) is 8.25. The van der Waals surface area contributed by atoms with E-state index in [0.29, 0.717) is 0 Å². The third-order valence-corrected chi connectivity index (χ3v) is 8.62. The fraction of sp³-hybridized carbons (Fsp3) is 0.333. The van der Waals surface area contributed by atoms with E-state index in [0.717, 1.165) is 46.9 Å². The SMILES string of the molecule is CC(CC(=O)NC1CCN(c2ccncc2)CC1)S(=O)(=O)c1ccc2cc(Br)ccc2c1. The minimum absolute atomic E-state index is 0.0503. The standard InChI is InChI=1S/C24H26BrN3O3S/c1-17(32(30,31)23-5-3-18-15-20(25)4-2-19(18)16-23)14-24(29)27-21-8-12-28(13-9-21)22-6-10-26-11-7-22/h2-7,10-11,15-17,21H,8-9,12-14H2,1H3,(H,27,29). The van der Waals surface area contributed by atoms with Gasteiger partial charge in [0.25, 0.3) is 0 Å². The summed E-state index contributed by atoms with van der Waals surface area (Å²) in [7, 11) is -3.61. The highest BCUT2D eigenvalue weighted by Crippen LogP contribution is 2.26. The van der Waals surface area contributed by atoms with E-state index in [2.05, 4.69) is 31.1 Å². The van der Waals surface area contributed by atoms with Crippen molar-refractivity contribution >= 4 is 48.1 Å². The summed E-state index contributed by atoms with van der Waals surface area (Å²) in [6.45, 7) is 3.29. The number of anilines is 1. The number of sulfone groups is 1. The van der Waals surface area contributed by atoms with E-state index in [1.54, 1.807) is 37.5 Å². The third kappa shape index (κ3) is 5.13. The first kappa shape index (κ1) is 22.7. The Hall–Kier alpha value is -2.45. The molecule has 1 atom stereocenters. The van der Waals surface area contributed by atoms with Crippen LogP contribution in [-0.2, 0) is 14.6 Å². The molecule has 32 heavy (non-hydrogen) atoms. The number of hydrogen-bond acceptors (Lipinski definition) is 5. The monoisotopic (exact) mass is 515 g/mol. The van der Waals surface area contributed by atoms with Gasteiger partial charge in [0, 0.05) is 48.1 Å². The number of carbonyl (C=O) groups excluding carboxylic acids is 1. The number of aromatic nitrogens is 1. The van der Waals surface area contributed by atoms with Crippen LogP contribution in [0, 0.1) is 0 Å². The lowest BCUT2D eigenvalue weighted by atomic mass is 10.0. The quantitative estimate of drug-likeness (QED) is 0.528. The molecule has 1 aromatic heterocycles. The Kier molecular flexibility index (Phi) is 6.81. The van der Waals surface area contributed by atoms with E-state index < -0.39 is 15.1 Å². The molecule has 4 rings (SSSR count). The molecule has 1 aliphatic rings. The predicted molar refractivity (Wildman–Crippen MR) is 131 cm³/mol. The van der Waals surface area contributed by atoms with Gasteiger partial charge in [-0.2, -0.15) is 0 Å². The lowest BCUT2D eigenvalue weighted by molar-refractivity contribution is -0.121. The van der Waals surface area contributed by atoms with Gasteiger partial charge in [0.2, 0.25) is 5.91 Å². The van der Waals surface area contributed by atoms with E-state index >= 15 is 0 Å². The van der Waals surface area contributed by atoms with Gasteiger partial charge in [0.15, 0.2) is 9.84 Å². The topological polar surface area (TPSA) is 79.4 Å². The van der Waals surface area contributed by atoms with E-state index in [1.807, 2.05) is 30.3 Å². The Bertz CT molecular complexity index is 1210. The second kappa shape index (κ2) is 9.58. The van der Waals surface area contributed by atoms with Crippen molar-refractivity contribution in [1.82, 2.24) is 10.3 Å². The minimum atomic E-state index is -3.61. The number of hydrogen-bond donors (Lipinski definition) is 1. The first-order valence-corrected chi connectivity index (χ1v) is 13.0. The van der Waals surface area contributed by atoms with Crippen LogP contribution in [0.5, 0.6) is 0 Å². The molecule has 168 valence electrons. The van der Waals surface area contributed by atoms with Crippen molar-refractivity contribution in [2.24, 2.45) is 0 Å². The third-order valence-electron chi connectivity index (χ3n) is 5.99. The molecule has 1 fully saturated rings. The molecule has 0 radical (unpaired) electrons. The van der Waals surface area contributed by atoms with Crippen molar-refractivity contribution in [2.45, 2.75) is 42.4 Å².